The molecule has 1 rings (SSSR count). The van der Waals surface area contributed by atoms with E-state index in [1.54, 1.807) is 27.3 Å². The van der Waals surface area contributed by atoms with Crippen LogP contribution in [0.5, 0.6) is 5.75 Å². The van der Waals surface area contributed by atoms with Gasteiger partial charge >= 0.3 is 0 Å². The lowest BCUT2D eigenvalue weighted by atomic mass is 10.2. The number of carbonyl (C=O) groups is 1. The van der Waals surface area contributed by atoms with Crippen molar-refractivity contribution in [1.82, 2.24) is 0 Å². The second-order valence-electron chi connectivity index (χ2n) is 3.99. The molecule has 0 bridgehead atoms. The average molecular weight is 252 g/mol. The summed E-state index contributed by atoms with van der Waals surface area (Å²) in [5.74, 6) is 0.568. The van der Waals surface area contributed by atoms with Gasteiger partial charge in [-0.25, -0.2) is 0 Å². The lowest BCUT2D eigenvalue weighted by molar-refractivity contribution is -0.119. The second kappa shape index (κ2) is 6.98. The van der Waals surface area contributed by atoms with Crippen LogP contribution in [0.25, 0.3) is 0 Å². The number of nitrogens with zero attached hydrogens (tertiary/aromatic N) is 1. The highest BCUT2D eigenvalue weighted by molar-refractivity contribution is 5.96. The summed E-state index contributed by atoms with van der Waals surface area (Å²) in [4.78, 5) is 13.6. The highest BCUT2D eigenvalue weighted by atomic mass is 16.5. The molecule has 0 heterocycles. The van der Waals surface area contributed by atoms with Gasteiger partial charge in [-0.05, 0) is 18.6 Å². The number of ether oxygens (including phenoxy) is 2. The van der Waals surface area contributed by atoms with E-state index < -0.39 is 6.04 Å². The summed E-state index contributed by atoms with van der Waals surface area (Å²) in [6, 6.07) is 6.73. The molecule has 1 atom stereocenters. The Morgan fingerprint density at radius 2 is 2.17 bits per heavy atom. The van der Waals surface area contributed by atoms with Crippen LogP contribution in [0.1, 0.15) is 6.42 Å². The van der Waals surface area contributed by atoms with Crippen LogP contribution in [0.2, 0.25) is 0 Å². The first-order chi connectivity index (χ1) is 8.60. The maximum atomic E-state index is 12.1. The number of hydrogen-bond donors (Lipinski definition) is 1. The molecule has 0 saturated carbocycles. The fourth-order valence-electron chi connectivity index (χ4n) is 1.56. The fourth-order valence-corrected chi connectivity index (χ4v) is 1.56. The molecular formula is C13H20N2O3. The molecule has 1 aromatic rings. The van der Waals surface area contributed by atoms with Crippen LogP contribution in [0, 0.1) is 0 Å². The van der Waals surface area contributed by atoms with Crippen molar-refractivity contribution < 1.29 is 14.3 Å². The maximum Gasteiger partial charge on any atom is 0.243 e. The summed E-state index contributed by atoms with van der Waals surface area (Å²) >= 11 is 0. The minimum atomic E-state index is -0.554. The van der Waals surface area contributed by atoms with E-state index in [1.165, 1.54) is 4.90 Å². The van der Waals surface area contributed by atoms with Gasteiger partial charge in [0.2, 0.25) is 5.91 Å². The largest absolute Gasteiger partial charge is 0.497 e. The first-order valence-electron chi connectivity index (χ1n) is 5.76. The molecule has 5 nitrogen and oxygen atoms in total. The molecule has 0 aliphatic heterocycles. The number of rotatable bonds is 6. The van der Waals surface area contributed by atoms with Crippen LogP contribution in [0.4, 0.5) is 5.69 Å². The van der Waals surface area contributed by atoms with Gasteiger partial charge < -0.3 is 20.1 Å². The number of carbonyl (C=O) groups excluding carboxylic acids is 1. The molecule has 0 aliphatic carbocycles. The van der Waals surface area contributed by atoms with Crippen molar-refractivity contribution in [2.75, 3.05) is 32.8 Å². The Hall–Kier alpha value is -1.59. The molecule has 1 aromatic carbocycles. The van der Waals surface area contributed by atoms with Crippen LogP contribution in [-0.2, 0) is 9.53 Å². The topological polar surface area (TPSA) is 64.8 Å². The highest BCUT2D eigenvalue weighted by Crippen LogP contribution is 2.20. The monoisotopic (exact) mass is 252 g/mol. The van der Waals surface area contributed by atoms with Crippen molar-refractivity contribution in [2.45, 2.75) is 12.5 Å². The summed E-state index contributed by atoms with van der Waals surface area (Å²) in [5, 5.41) is 0. The minimum absolute atomic E-state index is 0.139. The van der Waals surface area contributed by atoms with Gasteiger partial charge in [-0.15, -0.1) is 0 Å². The Morgan fingerprint density at radius 1 is 1.44 bits per heavy atom. The molecule has 2 N–H and O–H groups in total. The van der Waals surface area contributed by atoms with Gasteiger partial charge in [0.05, 0.1) is 13.2 Å². The van der Waals surface area contributed by atoms with Crippen molar-refractivity contribution in [3.63, 3.8) is 0 Å². The fraction of sp³-hybridized carbons (Fsp3) is 0.462. The smallest absolute Gasteiger partial charge is 0.243 e. The molecule has 5 heteroatoms. The summed E-state index contributed by atoms with van der Waals surface area (Å²) in [5.41, 5.74) is 6.57. The van der Waals surface area contributed by atoms with E-state index in [4.69, 9.17) is 15.2 Å². The number of hydrogen-bond acceptors (Lipinski definition) is 4. The summed E-state index contributed by atoms with van der Waals surface area (Å²) in [7, 11) is 4.87. The molecule has 1 amide bonds. The molecule has 0 spiro atoms. The van der Waals surface area contributed by atoms with Crippen molar-refractivity contribution in [2.24, 2.45) is 5.73 Å². The quantitative estimate of drug-likeness (QED) is 0.821. The minimum Gasteiger partial charge on any atom is -0.497 e. The first-order valence-corrected chi connectivity index (χ1v) is 5.76. The highest BCUT2D eigenvalue weighted by Gasteiger charge is 2.19. The number of likely N-dealkylation sites (N-methyl/N-ethyl adjacent to an activating group) is 1. The number of anilines is 1. The van der Waals surface area contributed by atoms with Crippen LogP contribution >= 0.6 is 0 Å². The van der Waals surface area contributed by atoms with E-state index in [0.717, 1.165) is 5.69 Å². The lowest BCUT2D eigenvalue weighted by Crippen LogP contribution is -2.42. The first kappa shape index (κ1) is 14.5. The van der Waals surface area contributed by atoms with Gasteiger partial charge in [0.15, 0.2) is 0 Å². The summed E-state index contributed by atoms with van der Waals surface area (Å²) in [6.45, 7) is 0.471. The van der Waals surface area contributed by atoms with Crippen molar-refractivity contribution >= 4 is 11.6 Å². The number of methoxy groups -OCH3 is 2. The Kier molecular flexibility index (Phi) is 5.61. The molecule has 100 valence electrons. The number of benzene rings is 1. The third kappa shape index (κ3) is 3.72. The van der Waals surface area contributed by atoms with Crippen molar-refractivity contribution in [3.05, 3.63) is 24.3 Å². The third-order valence-corrected chi connectivity index (χ3v) is 2.72. The zero-order chi connectivity index (χ0) is 13.5. The Morgan fingerprint density at radius 3 is 2.78 bits per heavy atom. The van der Waals surface area contributed by atoms with E-state index in [1.807, 2.05) is 18.2 Å². The van der Waals surface area contributed by atoms with E-state index in [2.05, 4.69) is 0 Å². The van der Waals surface area contributed by atoms with E-state index >= 15 is 0 Å². The van der Waals surface area contributed by atoms with Gasteiger partial charge in [-0.3, -0.25) is 4.79 Å². The van der Waals surface area contributed by atoms with E-state index in [-0.39, 0.29) is 5.91 Å². The van der Waals surface area contributed by atoms with Gasteiger partial charge in [-0.1, -0.05) is 6.07 Å². The zero-order valence-corrected chi connectivity index (χ0v) is 11.1. The third-order valence-electron chi connectivity index (χ3n) is 2.72. The van der Waals surface area contributed by atoms with E-state index in [0.29, 0.717) is 18.8 Å². The normalized spacial score (nSPS) is 12.0. The zero-order valence-electron chi connectivity index (χ0n) is 11.1. The van der Waals surface area contributed by atoms with Crippen LogP contribution < -0.4 is 15.4 Å². The molecule has 0 saturated heterocycles. The number of nitrogens with two attached hydrogens (primary N) is 1. The van der Waals surface area contributed by atoms with Crippen molar-refractivity contribution in [1.29, 1.82) is 0 Å². The Bertz CT molecular complexity index is 396. The summed E-state index contributed by atoms with van der Waals surface area (Å²) in [6.07, 6.45) is 0.504. The standard InChI is InChI=1S/C13H20N2O3/c1-15(13(16)12(14)7-8-17-2)10-5-4-6-11(9-10)18-3/h4-6,9,12H,7-8,14H2,1-3H3. The summed E-state index contributed by atoms with van der Waals surface area (Å²) < 4.78 is 10.0. The average Bonchev–Trinajstić information content (AvgIpc) is 2.43. The Balaban J connectivity index is 2.72. The van der Waals surface area contributed by atoms with Gasteiger partial charge in [0.25, 0.3) is 0 Å². The van der Waals surface area contributed by atoms with Crippen molar-refractivity contribution in [3.8, 4) is 5.75 Å². The molecule has 0 aliphatic rings. The predicted octanol–water partition coefficient (Wildman–Crippen LogP) is 1.02. The molecule has 1 unspecified atom stereocenters. The molecule has 18 heavy (non-hydrogen) atoms. The molecule has 0 radical (unpaired) electrons. The van der Waals surface area contributed by atoms with Crippen LogP contribution in [0.3, 0.4) is 0 Å². The molecule has 0 aromatic heterocycles. The number of amides is 1. The SMILES string of the molecule is COCCC(N)C(=O)N(C)c1cccc(OC)c1. The molecule has 0 fully saturated rings. The second-order valence-corrected chi connectivity index (χ2v) is 3.99. The lowest BCUT2D eigenvalue weighted by Gasteiger charge is -2.21. The maximum absolute atomic E-state index is 12.1. The van der Waals surface area contributed by atoms with Gasteiger partial charge in [0, 0.05) is 32.5 Å². The van der Waals surface area contributed by atoms with Gasteiger partial charge in [-0.2, -0.15) is 0 Å². The van der Waals surface area contributed by atoms with Crippen LogP contribution in [0.15, 0.2) is 24.3 Å². The van der Waals surface area contributed by atoms with Gasteiger partial charge in [0.1, 0.15) is 5.75 Å². The van der Waals surface area contributed by atoms with Crippen LogP contribution in [-0.4, -0.2) is 39.8 Å². The van der Waals surface area contributed by atoms with E-state index in [9.17, 15) is 4.79 Å². The Labute approximate surface area is 107 Å². The molecular weight excluding hydrogens is 232 g/mol. The predicted molar refractivity (Wildman–Crippen MR) is 70.9 cm³/mol.